The van der Waals surface area contributed by atoms with E-state index in [1.807, 2.05) is 13.8 Å². The third kappa shape index (κ3) is 2.23. The minimum Gasteiger partial charge on any atom is -0.324 e. The SMILES string of the molecule is CCC(C)N(C)C(=O)NN. The van der Waals surface area contributed by atoms with Gasteiger partial charge in [-0.2, -0.15) is 0 Å². The molecular weight excluding hydrogens is 130 g/mol. The molecule has 0 heterocycles. The molecule has 10 heavy (non-hydrogen) atoms. The largest absolute Gasteiger partial charge is 0.331 e. The van der Waals surface area contributed by atoms with E-state index in [-0.39, 0.29) is 12.1 Å². The van der Waals surface area contributed by atoms with Crippen molar-refractivity contribution in [3.8, 4) is 0 Å². The standard InChI is InChI=1S/C6H15N3O/c1-4-5(2)9(3)6(10)8-7/h5H,4,7H2,1-3H3,(H,8,10). The van der Waals surface area contributed by atoms with Crippen molar-refractivity contribution in [3.63, 3.8) is 0 Å². The number of urea groups is 1. The van der Waals surface area contributed by atoms with Gasteiger partial charge in [-0.1, -0.05) is 6.92 Å². The minimum absolute atomic E-state index is 0.239. The summed E-state index contributed by atoms with van der Waals surface area (Å²) in [5, 5.41) is 0. The molecule has 0 rings (SSSR count). The van der Waals surface area contributed by atoms with E-state index in [4.69, 9.17) is 5.84 Å². The Hall–Kier alpha value is -0.770. The predicted molar refractivity (Wildman–Crippen MR) is 40.2 cm³/mol. The summed E-state index contributed by atoms with van der Waals surface area (Å²) in [7, 11) is 1.72. The third-order valence-electron chi connectivity index (χ3n) is 1.70. The van der Waals surface area contributed by atoms with Crippen LogP contribution in [0.15, 0.2) is 0 Å². The van der Waals surface area contributed by atoms with Gasteiger partial charge in [0.1, 0.15) is 0 Å². The van der Waals surface area contributed by atoms with Crippen LogP contribution in [0.4, 0.5) is 4.79 Å². The molecule has 0 saturated carbocycles. The molecule has 1 atom stereocenters. The Morgan fingerprint density at radius 1 is 1.80 bits per heavy atom. The van der Waals surface area contributed by atoms with Gasteiger partial charge in [0.15, 0.2) is 0 Å². The predicted octanol–water partition coefficient (Wildman–Crippen LogP) is 0.300. The molecule has 60 valence electrons. The van der Waals surface area contributed by atoms with Crippen molar-refractivity contribution >= 4 is 6.03 Å². The van der Waals surface area contributed by atoms with Gasteiger partial charge in [-0.05, 0) is 13.3 Å². The van der Waals surface area contributed by atoms with E-state index in [9.17, 15) is 4.79 Å². The van der Waals surface area contributed by atoms with Gasteiger partial charge in [0.05, 0.1) is 0 Å². The molecule has 0 aromatic heterocycles. The summed E-state index contributed by atoms with van der Waals surface area (Å²) in [5.74, 6) is 4.92. The Morgan fingerprint density at radius 3 is 2.60 bits per heavy atom. The first-order chi connectivity index (χ1) is 4.63. The molecule has 4 heteroatoms. The normalized spacial score (nSPS) is 12.4. The fraction of sp³-hybridized carbons (Fsp3) is 0.833. The van der Waals surface area contributed by atoms with Crippen LogP contribution in [0.25, 0.3) is 0 Å². The summed E-state index contributed by atoms with van der Waals surface area (Å²) in [6.45, 7) is 3.99. The summed E-state index contributed by atoms with van der Waals surface area (Å²) in [5.41, 5.74) is 2.07. The minimum atomic E-state index is -0.241. The Bertz CT molecular complexity index is 116. The number of nitrogens with one attached hydrogen (secondary N) is 1. The van der Waals surface area contributed by atoms with E-state index >= 15 is 0 Å². The highest BCUT2D eigenvalue weighted by Crippen LogP contribution is 1.98. The van der Waals surface area contributed by atoms with Crippen LogP contribution < -0.4 is 11.3 Å². The van der Waals surface area contributed by atoms with E-state index < -0.39 is 0 Å². The number of amides is 2. The van der Waals surface area contributed by atoms with Crippen LogP contribution in [0, 0.1) is 0 Å². The number of carbonyl (C=O) groups excluding carboxylic acids is 1. The zero-order valence-corrected chi connectivity index (χ0v) is 6.72. The lowest BCUT2D eigenvalue weighted by Gasteiger charge is -2.22. The summed E-state index contributed by atoms with van der Waals surface area (Å²) in [6.07, 6.45) is 0.934. The maximum Gasteiger partial charge on any atom is 0.331 e. The molecule has 0 bridgehead atoms. The van der Waals surface area contributed by atoms with E-state index in [1.165, 1.54) is 0 Å². The molecule has 0 fully saturated rings. The highest BCUT2D eigenvalue weighted by molar-refractivity contribution is 5.73. The van der Waals surface area contributed by atoms with Crippen LogP contribution in [-0.2, 0) is 0 Å². The molecule has 3 N–H and O–H groups in total. The number of carbonyl (C=O) groups is 1. The lowest BCUT2D eigenvalue weighted by Crippen LogP contribution is -2.45. The third-order valence-corrected chi connectivity index (χ3v) is 1.70. The zero-order valence-electron chi connectivity index (χ0n) is 6.72. The van der Waals surface area contributed by atoms with Crippen LogP contribution in [0.1, 0.15) is 20.3 Å². The quantitative estimate of drug-likeness (QED) is 0.333. The van der Waals surface area contributed by atoms with Gasteiger partial charge in [-0.15, -0.1) is 0 Å². The topological polar surface area (TPSA) is 58.4 Å². The molecule has 2 amide bonds. The highest BCUT2D eigenvalue weighted by atomic mass is 16.2. The second-order valence-corrected chi connectivity index (χ2v) is 2.32. The molecule has 0 radical (unpaired) electrons. The number of nitrogens with zero attached hydrogens (tertiary/aromatic N) is 1. The summed E-state index contributed by atoms with van der Waals surface area (Å²) in [4.78, 5) is 12.4. The molecule has 0 aromatic rings. The van der Waals surface area contributed by atoms with Crippen LogP contribution in [0.5, 0.6) is 0 Å². The van der Waals surface area contributed by atoms with Crippen LogP contribution in [-0.4, -0.2) is 24.0 Å². The summed E-state index contributed by atoms with van der Waals surface area (Å²) >= 11 is 0. The lowest BCUT2D eigenvalue weighted by atomic mass is 10.2. The van der Waals surface area contributed by atoms with Crippen LogP contribution in [0.2, 0.25) is 0 Å². The van der Waals surface area contributed by atoms with Gasteiger partial charge in [0.25, 0.3) is 0 Å². The van der Waals surface area contributed by atoms with E-state index in [2.05, 4.69) is 5.43 Å². The Morgan fingerprint density at radius 2 is 2.30 bits per heavy atom. The van der Waals surface area contributed by atoms with Gasteiger partial charge in [0.2, 0.25) is 0 Å². The smallest absolute Gasteiger partial charge is 0.324 e. The molecule has 0 aliphatic rings. The fourth-order valence-electron chi connectivity index (χ4n) is 0.576. The maximum atomic E-state index is 10.8. The average Bonchev–Trinajstić information content (AvgIpc) is 2.00. The number of rotatable bonds is 2. The fourth-order valence-corrected chi connectivity index (χ4v) is 0.576. The van der Waals surface area contributed by atoms with Crippen LogP contribution >= 0.6 is 0 Å². The van der Waals surface area contributed by atoms with Crippen molar-refractivity contribution in [2.45, 2.75) is 26.3 Å². The molecule has 4 nitrogen and oxygen atoms in total. The molecule has 0 spiro atoms. The maximum absolute atomic E-state index is 10.8. The first-order valence-electron chi connectivity index (χ1n) is 3.36. The monoisotopic (exact) mass is 145 g/mol. The zero-order chi connectivity index (χ0) is 8.15. The Labute approximate surface area is 61.3 Å². The molecular formula is C6H15N3O. The van der Waals surface area contributed by atoms with Crippen molar-refractivity contribution in [1.82, 2.24) is 10.3 Å². The Balaban J connectivity index is 3.81. The first kappa shape index (κ1) is 9.23. The van der Waals surface area contributed by atoms with Crippen molar-refractivity contribution in [1.29, 1.82) is 0 Å². The van der Waals surface area contributed by atoms with Crippen molar-refractivity contribution < 1.29 is 4.79 Å². The van der Waals surface area contributed by atoms with Gasteiger partial charge in [-0.25, -0.2) is 10.6 Å². The van der Waals surface area contributed by atoms with E-state index in [0.717, 1.165) is 6.42 Å². The van der Waals surface area contributed by atoms with Crippen LogP contribution in [0.3, 0.4) is 0 Å². The second-order valence-electron chi connectivity index (χ2n) is 2.32. The number of hydrogen-bond acceptors (Lipinski definition) is 2. The molecule has 0 aromatic carbocycles. The van der Waals surface area contributed by atoms with E-state index in [0.29, 0.717) is 0 Å². The summed E-state index contributed by atoms with van der Waals surface area (Å²) in [6, 6.07) is -0.00194. The molecule has 0 aliphatic heterocycles. The van der Waals surface area contributed by atoms with Crippen molar-refractivity contribution in [3.05, 3.63) is 0 Å². The van der Waals surface area contributed by atoms with Gasteiger partial charge < -0.3 is 4.90 Å². The number of hydrogen-bond donors (Lipinski definition) is 2. The molecule has 1 unspecified atom stereocenters. The first-order valence-corrected chi connectivity index (χ1v) is 3.36. The number of hydrazine groups is 1. The van der Waals surface area contributed by atoms with Gasteiger partial charge >= 0.3 is 6.03 Å². The summed E-state index contributed by atoms with van der Waals surface area (Å²) < 4.78 is 0. The van der Waals surface area contributed by atoms with Gasteiger partial charge in [-0.3, -0.25) is 5.43 Å². The highest BCUT2D eigenvalue weighted by Gasteiger charge is 2.11. The average molecular weight is 145 g/mol. The molecule has 0 aliphatic carbocycles. The second kappa shape index (κ2) is 4.11. The van der Waals surface area contributed by atoms with Crippen molar-refractivity contribution in [2.75, 3.05) is 7.05 Å². The molecule has 0 saturated heterocycles. The Kier molecular flexibility index (Phi) is 3.79. The lowest BCUT2D eigenvalue weighted by molar-refractivity contribution is 0.193. The van der Waals surface area contributed by atoms with Crippen molar-refractivity contribution in [2.24, 2.45) is 5.84 Å². The number of nitrogens with two attached hydrogens (primary N) is 1. The van der Waals surface area contributed by atoms with Gasteiger partial charge in [0, 0.05) is 13.1 Å². The van der Waals surface area contributed by atoms with E-state index in [1.54, 1.807) is 11.9 Å².